The van der Waals surface area contributed by atoms with Crippen molar-refractivity contribution < 1.29 is 9.18 Å². The molecule has 1 aromatic carbocycles. The molecule has 0 atom stereocenters. The van der Waals surface area contributed by atoms with E-state index in [1.807, 2.05) is 40.7 Å². The summed E-state index contributed by atoms with van der Waals surface area (Å²) in [5.74, 6) is -0.272. The van der Waals surface area contributed by atoms with Crippen LogP contribution in [-0.2, 0) is 12.5 Å². The van der Waals surface area contributed by atoms with E-state index in [4.69, 9.17) is 0 Å². The van der Waals surface area contributed by atoms with Gasteiger partial charge in [0, 0.05) is 18.5 Å². The second-order valence-corrected chi connectivity index (χ2v) is 10.5. The molecule has 3 heterocycles. The molecule has 0 aliphatic rings. The van der Waals surface area contributed by atoms with Gasteiger partial charge in [-0.3, -0.25) is 9.59 Å². The molecular weight excluding hydrogens is 467 g/mol. The highest BCUT2D eigenvalue weighted by Crippen LogP contribution is 2.31. The number of aryl methyl sites for hydroxylation is 3. The van der Waals surface area contributed by atoms with E-state index >= 15 is 0 Å². The summed E-state index contributed by atoms with van der Waals surface area (Å²) in [6.45, 7) is 11.5. The first-order valence-corrected chi connectivity index (χ1v) is 11.9. The fourth-order valence-electron chi connectivity index (χ4n) is 3.60. The van der Waals surface area contributed by atoms with Crippen molar-refractivity contribution in [3.8, 4) is 16.3 Å². The van der Waals surface area contributed by atoms with Crippen molar-refractivity contribution in [3.63, 3.8) is 0 Å². The lowest BCUT2D eigenvalue weighted by Crippen LogP contribution is -2.23. The van der Waals surface area contributed by atoms with Crippen LogP contribution in [0.3, 0.4) is 0 Å². The van der Waals surface area contributed by atoms with Crippen LogP contribution in [0.4, 0.5) is 10.2 Å². The maximum Gasteiger partial charge on any atom is 0.277 e. The van der Waals surface area contributed by atoms with Crippen molar-refractivity contribution >= 4 is 23.1 Å². The Hall–Kier alpha value is -3.66. The lowest BCUT2D eigenvalue weighted by molar-refractivity contribution is 0.102. The number of thiazole rings is 1. The molecule has 1 N–H and O–H groups in total. The largest absolute Gasteiger partial charge is 0.306 e. The summed E-state index contributed by atoms with van der Waals surface area (Å²) in [5, 5.41) is 12.3. The molecule has 0 spiro atoms. The van der Waals surface area contributed by atoms with Gasteiger partial charge in [0.1, 0.15) is 21.5 Å². The van der Waals surface area contributed by atoms with Gasteiger partial charge in [0.25, 0.3) is 11.5 Å². The highest BCUT2D eigenvalue weighted by molar-refractivity contribution is 7.17. The Labute approximate surface area is 206 Å². The van der Waals surface area contributed by atoms with E-state index in [1.54, 1.807) is 30.8 Å². The third-order valence-corrected chi connectivity index (χ3v) is 6.91. The van der Waals surface area contributed by atoms with E-state index in [0.29, 0.717) is 32.6 Å². The van der Waals surface area contributed by atoms with E-state index in [0.717, 1.165) is 28.3 Å². The summed E-state index contributed by atoms with van der Waals surface area (Å²) >= 11 is 1.16. The maximum absolute atomic E-state index is 13.5. The number of rotatable bonds is 4. The molecule has 1 amide bonds. The number of hydrogen-bond donors (Lipinski definition) is 1. The topological polar surface area (TPSA) is 94.7 Å². The van der Waals surface area contributed by atoms with Crippen LogP contribution in [0.5, 0.6) is 0 Å². The number of hydrogen-bond acceptors (Lipinski definition) is 6. The van der Waals surface area contributed by atoms with Crippen LogP contribution < -0.4 is 10.9 Å². The minimum atomic E-state index is -0.366. The predicted octanol–water partition coefficient (Wildman–Crippen LogP) is 4.70. The van der Waals surface area contributed by atoms with Gasteiger partial charge in [0.2, 0.25) is 0 Å². The number of halogens is 1. The summed E-state index contributed by atoms with van der Waals surface area (Å²) in [6.07, 6.45) is 0. The van der Waals surface area contributed by atoms with E-state index in [-0.39, 0.29) is 22.7 Å². The number of benzene rings is 1. The quantitative estimate of drug-likeness (QED) is 0.444. The van der Waals surface area contributed by atoms with E-state index in [9.17, 15) is 14.0 Å². The van der Waals surface area contributed by atoms with Gasteiger partial charge < -0.3 is 5.32 Å². The molecule has 0 saturated heterocycles. The molecule has 0 unspecified atom stereocenters. The number of nitrogens with zero attached hydrogens (tertiary/aromatic N) is 5. The van der Waals surface area contributed by atoms with Crippen molar-refractivity contribution in [1.82, 2.24) is 24.5 Å². The van der Waals surface area contributed by atoms with Gasteiger partial charge in [0.15, 0.2) is 0 Å². The molecule has 8 nitrogen and oxygen atoms in total. The molecule has 3 aromatic heterocycles. The van der Waals surface area contributed by atoms with Crippen LogP contribution in [0.15, 0.2) is 35.1 Å². The lowest BCUT2D eigenvalue weighted by Gasteiger charge is -2.14. The Bertz CT molecular complexity index is 1490. The van der Waals surface area contributed by atoms with Crippen molar-refractivity contribution in [2.24, 2.45) is 7.05 Å². The number of carbonyl (C=O) groups excluding carboxylic acids is 1. The minimum Gasteiger partial charge on any atom is -0.306 e. The third kappa shape index (κ3) is 4.66. The van der Waals surface area contributed by atoms with Crippen molar-refractivity contribution in [2.45, 2.75) is 47.0 Å². The van der Waals surface area contributed by atoms with E-state index in [1.165, 1.54) is 16.8 Å². The summed E-state index contributed by atoms with van der Waals surface area (Å²) < 4.78 is 16.4. The van der Waals surface area contributed by atoms with Crippen molar-refractivity contribution in [1.29, 1.82) is 0 Å². The summed E-state index contributed by atoms with van der Waals surface area (Å²) in [7, 11) is 1.59. The van der Waals surface area contributed by atoms with E-state index in [2.05, 4.69) is 20.5 Å². The number of carbonyl (C=O) groups is 1. The van der Waals surface area contributed by atoms with Gasteiger partial charge in [-0.2, -0.15) is 10.2 Å². The van der Waals surface area contributed by atoms with Crippen LogP contribution in [0.1, 0.15) is 53.1 Å². The highest BCUT2D eigenvalue weighted by atomic mass is 32.1. The molecule has 35 heavy (non-hydrogen) atoms. The number of amides is 1. The fourth-order valence-corrected chi connectivity index (χ4v) is 4.66. The van der Waals surface area contributed by atoms with Gasteiger partial charge in [-0.25, -0.2) is 18.7 Å². The average Bonchev–Trinajstić information content (AvgIpc) is 3.37. The second-order valence-electron chi connectivity index (χ2n) is 9.45. The van der Waals surface area contributed by atoms with Gasteiger partial charge >= 0.3 is 0 Å². The van der Waals surface area contributed by atoms with Crippen molar-refractivity contribution in [3.05, 3.63) is 74.0 Å². The third-order valence-electron chi connectivity index (χ3n) is 5.73. The fraction of sp³-hybridized carbons (Fsp3) is 0.320. The molecular formula is C25H27FN6O2S. The van der Waals surface area contributed by atoms with Crippen LogP contribution in [0.25, 0.3) is 16.3 Å². The SMILES string of the molecule is Cc1nc(-c2c(C)c(C)nn(C)c2=O)sc1C(=O)Nc1cc(C(C)(C)C)nn1-c1ccc(F)cc1. The first-order chi connectivity index (χ1) is 16.4. The second kappa shape index (κ2) is 8.84. The summed E-state index contributed by atoms with van der Waals surface area (Å²) in [6, 6.07) is 7.71. The zero-order valence-electron chi connectivity index (χ0n) is 20.7. The molecule has 10 heteroatoms. The average molecular weight is 495 g/mol. The molecule has 0 fully saturated rings. The minimum absolute atomic E-state index is 0.266. The normalized spacial score (nSPS) is 11.7. The van der Waals surface area contributed by atoms with Gasteiger partial charge in [0.05, 0.1) is 28.3 Å². The first kappa shape index (κ1) is 24.5. The Morgan fingerprint density at radius 3 is 2.34 bits per heavy atom. The molecule has 0 saturated carbocycles. The number of aromatic nitrogens is 5. The number of anilines is 1. The zero-order chi connectivity index (χ0) is 25.7. The van der Waals surface area contributed by atoms with Crippen LogP contribution in [0.2, 0.25) is 0 Å². The Morgan fingerprint density at radius 2 is 1.71 bits per heavy atom. The molecule has 0 bridgehead atoms. The van der Waals surface area contributed by atoms with Crippen molar-refractivity contribution in [2.75, 3.05) is 5.32 Å². The Balaban J connectivity index is 1.74. The Morgan fingerprint density at radius 1 is 1.06 bits per heavy atom. The molecule has 0 aliphatic carbocycles. The molecule has 0 radical (unpaired) electrons. The molecule has 4 rings (SSSR count). The smallest absolute Gasteiger partial charge is 0.277 e. The summed E-state index contributed by atoms with van der Waals surface area (Å²) in [5.41, 5.74) is 3.26. The van der Waals surface area contributed by atoms with Gasteiger partial charge in [-0.05, 0) is 50.6 Å². The maximum atomic E-state index is 13.5. The highest BCUT2D eigenvalue weighted by Gasteiger charge is 2.25. The predicted molar refractivity (Wildman–Crippen MR) is 135 cm³/mol. The van der Waals surface area contributed by atoms with Crippen LogP contribution >= 0.6 is 11.3 Å². The first-order valence-electron chi connectivity index (χ1n) is 11.1. The molecule has 0 aliphatic heterocycles. The number of nitrogens with one attached hydrogen (secondary N) is 1. The zero-order valence-corrected chi connectivity index (χ0v) is 21.5. The van der Waals surface area contributed by atoms with Gasteiger partial charge in [-0.1, -0.05) is 20.8 Å². The molecule has 4 aromatic rings. The Kier molecular flexibility index (Phi) is 6.18. The lowest BCUT2D eigenvalue weighted by atomic mass is 9.92. The monoisotopic (exact) mass is 494 g/mol. The molecule has 182 valence electrons. The van der Waals surface area contributed by atoms with Gasteiger partial charge in [-0.15, -0.1) is 11.3 Å². The standard InChI is InChI=1S/C25H27FN6O2S/c1-13-14(2)29-31(7)24(34)20(13)23-27-15(3)21(35-23)22(33)28-19-12-18(25(4,5)6)30-32(19)17-10-8-16(26)9-11-17/h8-12H,1-7H3,(H,28,33). The van der Waals surface area contributed by atoms with Crippen LogP contribution in [-0.4, -0.2) is 30.5 Å². The van der Waals surface area contributed by atoms with E-state index < -0.39 is 0 Å². The summed E-state index contributed by atoms with van der Waals surface area (Å²) in [4.78, 5) is 31.0. The van der Waals surface area contributed by atoms with Crippen LogP contribution in [0, 0.1) is 26.6 Å².